The Kier molecular flexibility index (Phi) is 4.89. The molecule has 0 saturated carbocycles. The van der Waals surface area contributed by atoms with Crippen molar-refractivity contribution in [3.05, 3.63) is 59.7 Å². The van der Waals surface area contributed by atoms with E-state index >= 15 is 0 Å². The van der Waals surface area contributed by atoms with Gasteiger partial charge in [0.05, 0.1) is 6.04 Å². The Morgan fingerprint density at radius 3 is 2.12 bits per heavy atom. The molecule has 25 heavy (non-hydrogen) atoms. The third-order valence-electron chi connectivity index (χ3n) is 4.39. The molecular weight excluding hydrogens is 340 g/mol. The Morgan fingerprint density at radius 1 is 1.08 bits per heavy atom. The average Bonchev–Trinajstić information content (AvgIpc) is 3.01. The minimum absolute atomic E-state index is 0.0968. The maximum atomic E-state index is 11.3. The van der Waals surface area contributed by atoms with Crippen LogP contribution in [-0.2, 0) is 21.6 Å². The molecule has 1 heterocycles. The van der Waals surface area contributed by atoms with E-state index in [9.17, 15) is 13.2 Å². The van der Waals surface area contributed by atoms with Gasteiger partial charge in [-0.05, 0) is 28.7 Å². The van der Waals surface area contributed by atoms with E-state index in [4.69, 9.17) is 4.55 Å². The first kappa shape index (κ1) is 17.6. The molecule has 2 aromatic carbocycles. The van der Waals surface area contributed by atoms with E-state index in [1.807, 2.05) is 48.5 Å². The summed E-state index contributed by atoms with van der Waals surface area (Å²) in [6.45, 7) is 0.111. The predicted octanol–water partition coefficient (Wildman–Crippen LogP) is 2.54. The first-order chi connectivity index (χ1) is 11.8. The number of nitrogens with one attached hydrogen (secondary N) is 1. The highest BCUT2D eigenvalue weighted by Crippen LogP contribution is 2.27. The summed E-state index contributed by atoms with van der Waals surface area (Å²) in [5, 5.41) is 2.95. The molecule has 2 aromatic rings. The largest absolute Gasteiger partial charge is 0.349 e. The van der Waals surface area contributed by atoms with Crippen molar-refractivity contribution in [1.29, 1.82) is 0 Å². The molecular formula is C18H20N2O4S. The number of benzene rings is 2. The summed E-state index contributed by atoms with van der Waals surface area (Å²) in [6, 6.07) is 15.7. The fourth-order valence-corrected chi connectivity index (χ4v) is 3.23. The summed E-state index contributed by atoms with van der Waals surface area (Å²) < 4.78 is 31.9. The highest BCUT2D eigenvalue weighted by molar-refractivity contribution is 7.83. The maximum Gasteiger partial charge on any atom is 0.335 e. The molecule has 0 bridgehead atoms. The van der Waals surface area contributed by atoms with Crippen LogP contribution < -0.4 is 5.32 Å². The zero-order valence-corrected chi connectivity index (χ0v) is 14.7. The lowest BCUT2D eigenvalue weighted by atomic mass is 9.99. The molecule has 0 spiro atoms. The molecule has 3 rings (SSSR count). The van der Waals surface area contributed by atoms with Gasteiger partial charge in [-0.15, -0.1) is 0 Å². The van der Waals surface area contributed by atoms with Crippen molar-refractivity contribution in [2.45, 2.75) is 25.4 Å². The topological polar surface area (TPSA) is 86.7 Å². The van der Waals surface area contributed by atoms with Crippen molar-refractivity contribution < 1.29 is 17.8 Å². The monoisotopic (exact) mass is 360 g/mol. The van der Waals surface area contributed by atoms with Crippen LogP contribution in [0.3, 0.4) is 0 Å². The van der Waals surface area contributed by atoms with Gasteiger partial charge in [0, 0.05) is 20.0 Å². The first-order valence-electron chi connectivity index (χ1n) is 8.00. The zero-order valence-electron chi connectivity index (χ0n) is 13.8. The number of rotatable bonds is 5. The summed E-state index contributed by atoms with van der Waals surface area (Å²) in [5.74, 6) is 0.0968. The van der Waals surface area contributed by atoms with E-state index in [0.717, 1.165) is 33.0 Å². The molecule has 1 saturated heterocycles. The zero-order chi connectivity index (χ0) is 18.0. The Morgan fingerprint density at radius 2 is 1.64 bits per heavy atom. The van der Waals surface area contributed by atoms with Crippen LogP contribution in [0.1, 0.15) is 30.0 Å². The lowest BCUT2D eigenvalue weighted by Gasteiger charge is -2.13. The summed E-state index contributed by atoms with van der Waals surface area (Å²) in [4.78, 5) is 11.3. The Hall–Kier alpha value is -2.22. The van der Waals surface area contributed by atoms with Crippen molar-refractivity contribution in [2.24, 2.45) is 0 Å². The molecule has 1 aliphatic heterocycles. The average molecular weight is 360 g/mol. The van der Waals surface area contributed by atoms with E-state index in [2.05, 4.69) is 5.32 Å². The maximum absolute atomic E-state index is 11.3. The van der Waals surface area contributed by atoms with E-state index in [1.165, 1.54) is 7.05 Å². The summed E-state index contributed by atoms with van der Waals surface area (Å²) in [6.07, 6.45) is 1.40. The van der Waals surface area contributed by atoms with Gasteiger partial charge < -0.3 is 5.32 Å². The fourth-order valence-electron chi connectivity index (χ4n) is 2.91. The molecule has 0 radical (unpaired) electrons. The van der Waals surface area contributed by atoms with Crippen molar-refractivity contribution >= 4 is 16.2 Å². The second-order valence-electron chi connectivity index (χ2n) is 6.21. The van der Waals surface area contributed by atoms with Gasteiger partial charge in [-0.25, -0.2) is 0 Å². The predicted molar refractivity (Wildman–Crippen MR) is 95.0 cm³/mol. The Labute approximate surface area is 147 Å². The van der Waals surface area contributed by atoms with Crippen LogP contribution in [-0.4, -0.2) is 30.2 Å². The summed E-state index contributed by atoms with van der Waals surface area (Å²) >= 11 is 0. The van der Waals surface area contributed by atoms with Gasteiger partial charge in [-0.3, -0.25) is 9.35 Å². The van der Waals surface area contributed by atoms with Gasteiger partial charge in [0.1, 0.15) is 0 Å². The van der Waals surface area contributed by atoms with Crippen LogP contribution in [0.15, 0.2) is 48.5 Å². The molecule has 7 heteroatoms. The van der Waals surface area contributed by atoms with E-state index < -0.39 is 10.3 Å². The number of nitrogens with zero attached hydrogens (tertiary/aromatic N) is 1. The second kappa shape index (κ2) is 6.95. The van der Waals surface area contributed by atoms with Gasteiger partial charge in [0.15, 0.2) is 0 Å². The number of hydrogen-bond acceptors (Lipinski definition) is 3. The van der Waals surface area contributed by atoms with Crippen molar-refractivity contribution in [3.63, 3.8) is 0 Å². The van der Waals surface area contributed by atoms with Gasteiger partial charge in [-0.2, -0.15) is 12.7 Å². The van der Waals surface area contributed by atoms with E-state index in [0.29, 0.717) is 6.42 Å². The van der Waals surface area contributed by atoms with Crippen LogP contribution in [0.2, 0.25) is 0 Å². The van der Waals surface area contributed by atoms with Crippen LogP contribution >= 0.6 is 0 Å². The lowest BCUT2D eigenvalue weighted by molar-refractivity contribution is -0.119. The number of carbonyl (C=O) groups is 1. The summed E-state index contributed by atoms with van der Waals surface area (Å²) in [7, 11) is -2.85. The SMILES string of the molecule is CN(Cc1ccc(-c2ccc(C3CCC(=O)N3)cc2)cc1)S(=O)(=O)O. The quantitative estimate of drug-likeness (QED) is 0.802. The smallest absolute Gasteiger partial charge is 0.335 e. The van der Waals surface area contributed by atoms with Gasteiger partial charge in [-0.1, -0.05) is 48.5 Å². The number of carbonyl (C=O) groups excluding carboxylic acids is 1. The molecule has 1 fully saturated rings. The standard InChI is InChI=1S/C18H20N2O4S/c1-20(25(22,23)24)12-13-2-4-14(5-3-13)15-6-8-16(9-7-15)17-10-11-18(21)19-17/h2-9,17H,10-12H2,1H3,(H,19,21)(H,22,23,24). The van der Waals surface area contributed by atoms with Crippen molar-refractivity contribution in [3.8, 4) is 11.1 Å². The second-order valence-corrected chi connectivity index (χ2v) is 7.73. The molecule has 132 valence electrons. The highest BCUT2D eigenvalue weighted by Gasteiger charge is 2.21. The van der Waals surface area contributed by atoms with E-state index in [-0.39, 0.29) is 18.5 Å². The van der Waals surface area contributed by atoms with Crippen LogP contribution in [0, 0.1) is 0 Å². The normalized spacial score (nSPS) is 17.7. The van der Waals surface area contributed by atoms with E-state index in [1.54, 1.807) is 0 Å². The van der Waals surface area contributed by atoms with Crippen LogP contribution in [0.4, 0.5) is 0 Å². The summed E-state index contributed by atoms with van der Waals surface area (Å²) in [5.41, 5.74) is 3.94. The minimum Gasteiger partial charge on any atom is -0.349 e. The van der Waals surface area contributed by atoms with Crippen LogP contribution in [0.5, 0.6) is 0 Å². The van der Waals surface area contributed by atoms with Crippen LogP contribution in [0.25, 0.3) is 11.1 Å². The number of amides is 1. The molecule has 2 N–H and O–H groups in total. The van der Waals surface area contributed by atoms with Crippen molar-refractivity contribution in [2.75, 3.05) is 7.05 Å². The molecule has 1 unspecified atom stereocenters. The molecule has 1 atom stereocenters. The third kappa shape index (κ3) is 4.25. The fraction of sp³-hybridized carbons (Fsp3) is 0.278. The van der Waals surface area contributed by atoms with Gasteiger partial charge in [0.2, 0.25) is 5.91 Å². The molecule has 1 amide bonds. The van der Waals surface area contributed by atoms with Gasteiger partial charge in [0.25, 0.3) is 0 Å². The molecule has 0 aromatic heterocycles. The molecule has 1 aliphatic rings. The third-order valence-corrected chi connectivity index (χ3v) is 5.31. The minimum atomic E-state index is -4.18. The Balaban J connectivity index is 1.71. The van der Waals surface area contributed by atoms with Crippen molar-refractivity contribution in [1.82, 2.24) is 9.62 Å². The highest BCUT2D eigenvalue weighted by atomic mass is 32.2. The molecule has 6 nitrogen and oxygen atoms in total. The Bertz CT molecular complexity index is 861. The lowest BCUT2D eigenvalue weighted by Crippen LogP contribution is -2.25. The van der Waals surface area contributed by atoms with Gasteiger partial charge >= 0.3 is 10.3 Å². The first-order valence-corrected chi connectivity index (χ1v) is 9.40. The molecule has 0 aliphatic carbocycles. The number of hydrogen-bond donors (Lipinski definition) is 2.